The average molecular weight is 291 g/mol. The number of aliphatic carboxylic acids is 1. The largest absolute Gasteiger partial charge is 0.481 e. The molecule has 0 aromatic carbocycles. The lowest BCUT2D eigenvalue weighted by Crippen LogP contribution is -2.35. The Bertz CT molecular complexity index is 511. The van der Waals surface area contributed by atoms with Gasteiger partial charge in [0.1, 0.15) is 0 Å². The van der Waals surface area contributed by atoms with Crippen LogP contribution in [-0.2, 0) is 4.79 Å². The first-order valence-corrected chi connectivity index (χ1v) is 7.25. The summed E-state index contributed by atoms with van der Waals surface area (Å²) in [5, 5.41) is 14.6. The van der Waals surface area contributed by atoms with E-state index in [0.717, 1.165) is 18.5 Å². The van der Waals surface area contributed by atoms with Gasteiger partial charge in [-0.1, -0.05) is 0 Å². The molecule has 1 fully saturated rings. The molecule has 1 aromatic heterocycles. The fraction of sp³-hybridized carbons (Fsp3) is 0.533. The number of hydrogen-bond donors (Lipinski definition) is 3. The minimum atomic E-state index is -0.703. The van der Waals surface area contributed by atoms with Gasteiger partial charge in [-0.2, -0.15) is 0 Å². The molecule has 0 spiro atoms. The Morgan fingerprint density at radius 2 is 2.05 bits per heavy atom. The van der Waals surface area contributed by atoms with Gasteiger partial charge in [0.05, 0.1) is 17.3 Å². The molecule has 3 N–H and O–H groups in total. The van der Waals surface area contributed by atoms with Gasteiger partial charge >= 0.3 is 12.0 Å². The summed E-state index contributed by atoms with van der Waals surface area (Å²) in [6, 6.07) is 3.34. The number of carbonyl (C=O) groups is 2. The Kier molecular flexibility index (Phi) is 5.14. The van der Waals surface area contributed by atoms with E-state index in [1.165, 1.54) is 0 Å². The zero-order valence-corrected chi connectivity index (χ0v) is 12.1. The second-order valence-electron chi connectivity index (χ2n) is 5.53. The Labute approximate surface area is 124 Å². The fourth-order valence-electron chi connectivity index (χ4n) is 2.63. The maximum Gasteiger partial charge on any atom is 0.319 e. The highest BCUT2D eigenvalue weighted by atomic mass is 16.4. The van der Waals surface area contributed by atoms with Gasteiger partial charge in [0.15, 0.2) is 0 Å². The first-order valence-electron chi connectivity index (χ1n) is 7.25. The molecule has 1 saturated carbocycles. The molecule has 0 bridgehead atoms. The highest BCUT2D eigenvalue weighted by molar-refractivity contribution is 5.89. The number of hydrogen-bond acceptors (Lipinski definition) is 3. The molecule has 1 heterocycles. The van der Waals surface area contributed by atoms with Crippen LogP contribution in [0.15, 0.2) is 18.3 Å². The molecule has 0 aliphatic heterocycles. The number of anilines is 1. The normalized spacial score (nSPS) is 21.6. The average Bonchev–Trinajstić information content (AvgIpc) is 2.48. The first-order chi connectivity index (χ1) is 10.1. The van der Waals surface area contributed by atoms with Gasteiger partial charge in [0, 0.05) is 12.7 Å². The number of nitrogens with zero attached hydrogens (tertiary/aromatic N) is 1. The number of urea groups is 1. The van der Waals surface area contributed by atoms with E-state index in [4.69, 9.17) is 5.11 Å². The van der Waals surface area contributed by atoms with Crippen LogP contribution in [0.5, 0.6) is 0 Å². The number of rotatable bonds is 4. The monoisotopic (exact) mass is 291 g/mol. The van der Waals surface area contributed by atoms with E-state index in [9.17, 15) is 9.59 Å². The van der Waals surface area contributed by atoms with Crippen LogP contribution >= 0.6 is 0 Å². The Morgan fingerprint density at radius 1 is 1.33 bits per heavy atom. The summed E-state index contributed by atoms with van der Waals surface area (Å²) in [4.78, 5) is 26.8. The molecule has 6 heteroatoms. The molecule has 1 aliphatic rings. The summed E-state index contributed by atoms with van der Waals surface area (Å²) in [7, 11) is 0. The van der Waals surface area contributed by atoms with Crippen LogP contribution in [0.2, 0.25) is 0 Å². The van der Waals surface area contributed by atoms with Gasteiger partial charge in [-0.05, 0) is 50.7 Å². The highest BCUT2D eigenvalue weighted by Crippen LogP contribution is 2.28. The molecule has 0 saturated heterocycles. The predicted molar refractivity (Wildman–Crippen MR) is 79.1 cm³/mol. The molecule has 6 nitrogen and oxygen atoms in total. The lowest BCUT2D eigenvalue weighted by Gasteiger charge is -2.26. The second kappa shape index (κ2) is 7.06. The summed E-state index contributed by atoms with van der Waals surface area (Å²) >= 11 is 0. The van der Waals surface area contributed by atoms with Gasteiger partial charge in [-0.15, -0.1) is 0 Å². The Balaban J connectivity index is 1.73. The first kappa shape index (κ1) is 15.3. The minimum absolute atomic E-state index is 0.215. The zero-order chi connectivity index (χ0) is 15.2. The molecule has 1 aromatic rings. The van der Waals surface area contributed by atoms with Crippen molar-refractivity contribution < 1.29 is 14.7 Å². The fourth-order valence-corrected chi connectivity index (χ4v) is 2.63. The lowest BCUT2D eigenvalue weighted by molar-refractivity contribution is -0.143. The Morgan fingerprint density at radius 3 is 2.67 bits per heavy atom. The smallest absolute Gasteiger partial charge is 0.319 e. The van der Waals surface area contributed by atoms with E-state index in [1.807, 2.05) is 6.92 Å². The summed E-state index contributed by atoms with van der Waals surface area (Å²) in [6.45, 7) is 2.42. The van der Waals surface area contributed by atoms with Crippen LogP contribution in [0, 0.1) is 18.8 Å². The standard InChI is InChI=1S/C15H21N3O3/c1-10-13(3-2-8-16-10)18-15(21)17-9-11-4-6-12(7-5-11)14(19)20/h2-3,8,11-12H,4-7,9H2,1H3,(H,19,20)(H2,17,18,21). The van der Waals surface area contributed by atoms with Crippen molar-refractivity contribution in [1.29, 1.82) is 0 Å². The third-order valence-corrected chi connectivity index (χ3v) is 4.00. The van der Waals surface area contributed by atoms with Gasteiger partial charge in [-0.3, -0.25) is 9.78 Å². The van der Waals surface area contributed by atoms with Crippen molar-refractivity contribution in [3.63, 3.8) is 0 Å². The quantitative estimate of drug-likeness (QED) is 0.794. The van der Waals surface area contributed by atoms with E-state index in [1.54, 1.807) is 18.3 Å². The number of carboxylic acids is 1. The van der Waals surface area contributed by atoms with Crippen molar-refractivity contribution in [1.82, 2.24) is 10.3 Å². The minimum Gasteiger partial charge on any atom is -0.481 e. The maximum absolute atomic E-state index is 11.8. The molecular weight excluding hydrogens is 270 g/mol. The number of pyridine rings is 1. The summed E-state index contributed by atoms with van der Waals surface area (Å²) in [5.74, 6) is -0.555. The molecule has 114 valence electrons. The SMILES string of the molecule is Cc1ncccc1NC(=O)NCC1CCC(C(=O)O)CC1. The van der Waals surface area contributed by atoms with Crippen LogP contribution in [0.3, 0.4) is 0 Å². The highest BCUT2D eigenvalue weighted by Gasteiger charge is 2.25. The van der Waals surface area contributed by atoms with E-state index >= 15 is 0 Å². The number of aryl methyl sites for hydroxylation is 1. The predicted octanol–water partition coefficient (Wildman–Crippen LogP) is 2.40. The topological polar surface area (TPSA) is 91.3 Å². The van der Waals surface area contributed by atoms with Crippen molar-refractivity contribution in [2.45, 2.75) is 32.6 Å². The third-order valence-electron chi connectivity index (χ3n) is 4.00. The van der Waals surface area contributed by atoms with Crippen molar-refractivity contribution in [2.75, 3.05) is 11.9 Å². The molecule has 1 aliphatic carbocycles. The summed E-state index contributed by atoms with van der Waals surface area (Å²) in [5.41, 5.74) is 1.47. The van der Waals surface area contributed by atoms with Crippen molar-refractivity contribution in [3.8, 4) is 0 Å². The summed E-state index contributed by atoms with van der Waals surface area (Å²) < 4.78 is 0. The van der Waals surface area contributed by atoms with Crippen molar-refractivity contribution in [2.24, 2.45) is 11.8 Å². The molecule has 2 rings (SSSR count). The van der Waals surface area contributed by atoms with Crippen LogP contribution in [0.1, 0.15) is 31.4 Å². The van der Waals surface area contributed by atoms with Gasteiger partial charge in [-0.25, -0.2) is 4.79 Å². The number of carbonyl (C=O) groups excluding carboxylic acids is 1. The van der Waals surface area contributed by atoms with E-state index in [-0.39, 0.29) is 11.9 Å². The number of carboxylic acid groups (broad SMARTS) is 1. The second-order valence-corrected chi connectivity index (χ2v) is 5.53. The number of aromatic nitrogens is 1. The lowest BCUT2D eigenvalue weighted by atomic mass is 9.82. The zero-order valence-electron chi connectivity index (χ0n) is 12.1. The molecular formula is C15H21N3O3. The van der Waals surface area contributed by atoms with Gasteiger partial charge < -0.3 is 15.7 Å². The molecule has 2 amide bonds. The van der Waals surface area contributed by atoms with E-state index in [2.05, 4.69) is 15.6 Å². The van der Waals surface area contributed by atoms with Crippen LogP contribution in [0.25, 0.3) is 0 Å². The van der Waals surface area contributed by atoms with Gasteiger partial charge in [0.25, 0.3) is 0 Å². The van der Waals surface area contributed by atoms with Crippen molar-refractivity contribution in [3.05, 3.63) is 24.0 Å². The van der Waals surface area contributed by atoms with Crippen LogP contribution in [0.4, 0.5) is 10.5 Å². The number of amides is 2. The van der Waals surface area contributed by atoms with Crippen LogP contribution in [-0.4, -0.2) is 28.6 Å². The van der Waals surface area contributed by atoms with Gasteiger partial charge in [0.2, 0.25) is 0 Å². The molecule has 0 unspecified atom stereocenters. The van der Waals surface area contributed by atoms with Crippen LogP contribution < -0.4 is 10.6 Å². The maximum atomic E-state index is 11.8. The van der Waals surface area contributed by atoms with Crippen molar-refractivity contribution >= 4 is 17.7 Å². The number of nitrogens with one attached hydrogen (secondary N) is 2. The molecule has 0 atom stereocenters. The third kappa shape index (κ3) is 4.44. The molecule has 21 heavy (non-hydrogen) atoms. The molecule has 0 radical (unpaired) electrons. The van der Waals surface area contributed by atoms with E-state index in [0.29, 0.717) is 31.0 Å². The summed E-state index contributed by atoms with van der Waals surface area (Å²) in [6.07, 6.45) is 4.78. The van der Waals surface area contributed by atoms with E-state index < -0.39 is 5.97 Å². The Hall–Kier alpha value is -2.11.